The third-order valence-corrected chi connectivity index (χ3v) is 4.97. The molecule has 0 saturated heterocycles. The zero-order valence-electron chi connectivity index (χ0n) is 18.4. The van der Waals surface area contributed by atoms with Crippen LogP contribution in [0.3, 0.4) is 0 Å². The van der Waals surface area contributed by atoms with Gasteiger partial charge in [0.15, 0.2) is 11.5 Å². The van der Waals surface area contributed by atoms with Gasteiger partial charge in [0.25, 0.3) is 11.5 Å². The first kappa shape index (κ1) is 22.4. The van der Waals surface area contributed by atoms with Crippen LogP contribution in [-0.2, 0) is 11.8 Å². The first-order chi connectivity index (χ1) is 15.4. The molecule has 0 aliphatic heterocycles. The summed E-state index contributed by atoms with van der Waals surface area (Å²) in [5.74, 6) is 0.228. The van der Waals surface area contributed by atoms with E-state index in [0.717, 1.165) is 0 Å². The van der Waals surface area contributed by atoms with E-state index in [4.69, 9.17) is 9.47 Å². The Morgan fingerprint density at radius 2 is 1.91 bits per heavy atom. The van der Waals surface area contributed by atoms with E-state index >= 15 is 0 Å². The Bertz CT molecular complexity index is 1260. The van der Waals surface area contributed by atoms with Crippen molar-refractivity contribution in [3.63, 3.8) is 0 Å². The van der Waals surface area contributed by atoms with Crippen molar-refractivity contribution in [1.29, 1.82) is 5.26 Å². The van der Waals surface area contributed by atoms with Gasteiger partial charge in [-0.3, -0.25) is 14.3 Å². The number of amides is 1. The molecule has 164 valence electrons. The van der Waals surface area contributed by atoms with Gasteiger partial charge in [0.2, 0.25) is 0 Å². The highest BCUT2D eigenvalue weighted by molar-refractivity contribution is 6.10. The molecule has 8 nitrogen and oxygen atoms in total. The number of benzene rings is 2. The highest BCUT2D eigenvalue weighted by Gasteiger charge is 2.20. The number of ether oxygens (including phenoxy) is 2. The fourth-order valence-electron chi connectivity index (χ4n) is 3.33. The maximum atomic E-state index is 13.0. The molecular formula is C24H24N4O4. The first-order valence-corrected chi connectivity index (χ1v) is 9.99. The number of anilines is 1. The monoisotopic (exact) mass is 432 g/mol. The second kappa shape index (κ2) is 9.71. The second-order valence-corrected chi connectivity index (χ2v) is 6.87. The molecule has 1 N–H and O–H groups in total. The molecule has 0 fully saturated rings. The van der Waals surface area contributed by atoms with Crippen molar-refractivity contribution in [3.05, 3.63) is 75.7 Å². The van der Waals surface area contributed by atoms with Gasteiger partial charge in [-0.2, -0.15) is 5.26 Å². The van der Waals surface area contributed by atoms with Crippen molar-refractivity contribution in [3.8, 4) is 23.3 Å². The van der Waals surface area contributed by atoms with Crippen molar-refractivity contribution < 1.29 is 14.3 Å². The quantitative estimate of drug-likeness (QED) is 0.456. The minimum absolute atomic E-state index is 0.109. The van der Waals surface area contributed by atoms with Gasteiger partial charge in [0.05, 0.1) is 25.1 Å². The van der Waals surface area contributed by atoms with Crippen molar-refractivity contribution in [2.45, 2.75) is 13.8 Å². The smallest absolute Gasteiger partial charge is 0.295 e. The highest BCUT2D eigenvalue weighted by Crippen LogP contribution is 2.32. The summed E-state index contributed by atoms with van der Waals surface area (Å²) in [5, 5.41) is 12.2. The third-order valence-electron chi connectivity index (χ3n) is 4.97. The van der Waals surface area contributed by atoms with Gasteiger partial charge in [0, 0.05) is 12.6 Å². The maximum Gasteiger partial charge on any atom is 0.295 e. The molecule has 0 spiro atoms. The van der Waals surface area contributed by atoms with E-state index in [1.807, 2.05) is 31.2 Å². The van der Waals surface area contributed by atoms with Gasteiger partial charge in [-0.15, -0.1) is 0 Å². The largest absolute Gasteiger partial charge is 0.492 e. The number of nitrogens with zero attached hydrogens (tertiary/aromatic N) is 3. The Labute approximate surface area is 185 Å². The van der Waals surface area contributed by atoms with Crippen molar-refractivity contribution in [2.24, 2.45) is 7.05 Å². The molecular weight excluding hydrogens is 408 g/mol. The SMILES string of the molecule is CCOc1cccc(/C=C(\C#N)C(=O)Nc2c(C)n(C)n(-c3ccccc3)c2=O)c1OC. The number of carbonyl (C=O) groups is 1. The van der Waals surface area contributed by atoms with Crippen LogP contribution in [-0.4, -0.2) is 29.0 Å². The summed E-state index contributed by atoms with van der Waals surface area (Å²) in [6, 6.07) is 16.2. The van der Waals surface area contributed by atoms with Crippen LogP contribution in [0.4, 0.5) is 5.69 Å². The van der Waals surface area contributed by atoms with Crippen LogP contribution in [0.5, 0.6) is 11.5 Å². The predicted octanol–water partition coefficient (Wildman–Crippen LogP) is 3.44. The molecule has 32 heavy (non-hydrogen) atoms. The molecule has 1 heterocycles. The number of nitrogens with one attached hydrogen (secondary N) is 1. The Hall–Kier alpha value is -4.25. The summed E-state index contributed by atoms with van der Waals surface area (Å²) in [7, 11) is 3.21. The zero-order chi connectivity index (χ0) is 23.3. The fraction of sp³-hybridized carbons (Fsp3) is 0.208. The molecule has 8 heteroatoms. The Morgan fingerprint density at radius 1 is 1.19 bits per heavy atom. The normalized spacial score (nSPS) is 11.0. The summed E-state index contributed by atoms with van der Waals surface area (Å²) in [5.41, 5.74) is 1.27. The minimum Gasteiger partial charge on any atom is -0.492 e. The van der Waals surface area contributed by atoms with Crippen molar-refractivity contribution in [2.75, 3.05) is 19.0 Å². The van der Waals surface area contributed by atoms with E-state index in [9.17, 15) is 14.9 Å². The van der Waals surface area contributed by atoms with E-state index in [1.54, 1.807) is 49.0 Å². The lowest BCUT2D eigenvalue weighted by Gasteiger charge is -2.12. The molecule has 0 bridgehead atoms. The van der Waals surface area contributed by atoms with Crippen LogP contribution in [0.25, 0.3) is 11.8 Å². The number of methoxy groups -OCH3 is 1. The van der Waals surface area contributed by atoms with E-state index in [0.29, 0.717) is 35.1 Å². The van der Waals surface area contributed by atoms with Gasteiger partial charge in [-0.1, -0.05) is 30.3 Å². The lowest BCUT2D eigenvalue weighted by atomic mass is 10.1. The van der Waals surface area contributed by atoms with Crippen LogP contribution in [0.15, 0.2) is 58.9 Å². The number of hydrogen-bond acceptors (Lipinski definition) is 5. The second-order valence-electron chi connectivity index (χ2n) is 6.87. The van der Waals surface area contributed by atoms with Gasteiger partial charge < -0.3 is 14.8 Å². The molecule has 1 aromatic heterocycles. The van der Waals surface area contributed by atoms with Gasteiger partial charge >= 0.3 is 0 Å². The van der Waals surface area contributed by atoms with Crippen LogP contribution in [0.1, 0.15) is 18.2 Å². The molecule has 0 saturated carbocycles. The first-order valence-electron chi connectivity index (χ1n) is 9.99. The lowest BCUT2D eigenvalue weighted by molar-refractivity contribution is -0.112. The summed E-state index contributed by atoms with van der Waals surface area (Å²) < 4.78 is 14.1. The molecule has 0 radical (unpaired) electrons. The Kier molecular flexibility index (Phi) is 6.80. The van der Waals surface area contributed by atoms with Crippen LogP contribution >= 0.6 is 0 Å². The van der Waals surface area contributed by atoms with Crippen LogP contribution in [0, 0.1) is 18.3 Å². The average molecular weight is 432 g/mol. The Balaban J connectivity index is 1.98. The number of aromatic nitrogens is 2. The number of rotatable bonds is 7. The van der Waals surface area contributed by atoms with E-state index < -0.39 is 11.5 Å². The van der Waals surface area contributed by atoms with E-state index in [1.165, 1.54) is 17.9 Å². The molecule has 1 amide bonds. The molecule has 0 unspecified atom stereocenters. The molecule has 0 aliphatic rings. The molecule has 3 aromatic rings. The molecule has 2 aromatic carbocycles. The van der Waals surface area contributed by atoms with Gasteiger partial charge in [-0.25, -0.2) is 4.68 Å². The average Bonchev–Trinajstić information content (AvgIpc) is 3.01. The summed E-state index contributed by atoms with van der Waals surface area (Å²) in [6.45, 7) is 4.01. The fourth-order valence-corrected chi connectivity index (χ4v) is 3.33. The topological polar surface area (TPSA) is 98.3 Å². The van der Waals surface area contributed by atoms with Gasteiger partial charge in [0.1, 0.15) is 17.3 Å². The molecule has 0 atom stereocenters. The number of hydrogen-bond donors (Lipinski definition) is 1. The zero-order valence-corrected chi connectivity index (χ0v) is 18.4. The number of nitriles is 1. The summed E-state index contributed by atoms with van der Waals surface area (Å²) in [6.07, 6.45) is 1.41. The Morgan fingerprint density at radius 3 is 2.53 bits per heavy atom. The molecule has 3 rings (SSSR count). The summed E-state index contributed by atoms with van der Waals surface area (Å²) in [4.78, 5) is 25.9. The van der Waals surface area contributed by atoms with Crippen molar-refractivity contribution >= 4 is 17.7 Å². The number of carbonyl (C=O) groups excluding carboxylic acids is 1. The third kappa shape index (κ3) is 4.27. The van der Waals surface area contributed by atoms with Crippen LogP contribution in [0.2, 0.25) is 0 Å². The predicted molar refractivity (Wildman–Crippen MR) is 122 cm³/mol. The maximum absolute atomic E-state index is 13.0. The lowest BCUT2D eigenvalue weighted by Crippen LogP contribution is -2.23. The van der Waals surface area contributed by atoms with Crippen molar-refractivity contribution in [1.82, 2.24) is 9.36 Å². The standard InChI is InChI=1S/C24H24N4O4/c1-5-32-20-13-9-10-17(22(20)31-4)14-18(15-25)23(29)26-21-16(2)27(3)28(24(21)30)19-11-7-6-8-12-19/h6-14H,5H2,1-4H3,(H,26,29)/b18-14+. The minimum atomic E-state index is -0.692. The molecule has 0 aliphatic carbocycles. The van der Waals surface area contributed by atoms with Crippen LogP contribution < -0.4 is 20.3 Å². The van der Waals surface area contributed by atoms with Gasteiger partial charge in [-0.05, 0) is 38.1 Å². The van der Waals surface area contributed by atoms with E-state index in [-0.39, 0.29) is 11.3 Å². The van der Waals surface area contributed by atoms with E-state index in [2.05, 4.69) is 5.32 Å². The summed E-state index contributed by atoms with van der Waals surface area (Å²) >= 11 is 0. The highest BCUT2D eigenvalue weighted by atomic mass is 16.5. The number of para-hydroxylation sites is 2.